The van der Waals surface area contributed by atoms with Crippen molar-refractivity contribution in [3.8, 4) is 6.07 Å². The summed E-state index contributed by atoms with van der Waals surface area (Å²) in [7, 11) is 0. The number of hydrogen-bond donors (Lipinski definition) is 2. The molecule has 1 aromatic heterocycles. The van der Waals surface area contributed by atoms with Crippen LogP contribution < -0.4 is 16.0 Å². The summed E-state index contributed by atoms with van der Waals surface area (Å²) in [5, 5.41) is 12.8. The van der Waals surface area contributed by atoms with Crippen LogP contribution in [0.5, 0.6) is 0 Å². The molecule has 0 radical (unpaired) electrons. The van der Waals surface area contributed by atoms with Gasteiger partial charge in [0.1, 0.15) is 21.5 Å². The molecule has 0 saturated carbocycles. The molecule has 1 heterocycles. The molecule has 19 heavy (non-hydrogen) atoms. The summed E-state index contributed by atoms with van der Waals surface area (Å²) in [6, 6.07) is 2.12. The zero-order valence-corrected chi connectivity index (χ0v) is 12.4. The Bertz CT molecular complexity index is 490. The predicted octanol–water partition coefficient (Wildman–Crippen LogP) is 2.19. The average molecular weight is 280 g/mol. The Morgan fingerprint density at radius 2 is 2.16 bits per heavy atom. The number of nitrogens with zero attached hydrogens (tertiary/aromatic N) is 2. The van der Waals surface area contributed by atoms with Gasteiger partial charge in [0.05, 0.1) is 5.69 Å². The predicted molar refractivity (Wildman–Crippen MR) is 79.6 cm³/mol. The Balaban J connectivity index is 3.22. The lowest BCUT2D eigenvalue weighted by Gasteiger charge is -2.20. The SMILES string of the molecule is CCCN(CC)c1sc(C(=O)NCC)c(N)c1C#N. The average Bonchev–Trinajstić information content (AvgIpc) is 2.73. The second-order valence-corrected chi connectivity index (χ2v) is 5.08. The molecule has 1 rings (SSSR count). The molecule has 5 nitrogen and oxygen atoms in total. The maximum atomic E-state index is 11.9. The van der Waals surface area contributed by atoms with Gasteiger partial charge in [0.2, 0.25) is 0 Å². The van der Waals surface area contributed by atoms with Gasteiger partial charge in [0.15, 0.2) is 0 Å². The van der Waals surface area contributed by atoms with Crippen LogP contribution in [0.15, 0.2) is 0 Å². The van der Waals surface area contributed by atoms with E-state index in [0.29, 0.717) is 22.7 Å². The molecular formula is C13H20N4OS. The van der Waals surface area contributed by atoms with Gasteiger partial charge in [0.25, 0.3) is 5.91 Å². The van der Waals surface area contributed by atoms with Crippen molar-refractivity contribution in [2.75, 3.05) is 30.3 Å². The molecule has 0 unspecified atom stereocenters. The fourth-order valence-electron chi connectivity index (χ4n) is 1.84. The van der Waals surface area contributed by atoms with Gasteiger partial charge in [-0.3, -0.25) is 4.79 Å². The minimum atomic E-state index is -0.208. The van der Waals surface area contributed by atoms with Crippen molar-refractivity contribution in [3.05, 3.63) is 10.4 Å². The lowest BCUT2D eigenvalue weighted by atomic mass is 10.2. The normalized spacial score (nSPS) is 10.0. The molecule has 104 valence electrons. The Hall–Kier alpha value is -1.74. The second-order valence-electron chi connectivity index (χ2n) is 4.08. The molecule has 6 heteroatoms. The summed E-state index contributed by atoms with van der Waals surface area (Å²) < 4.78 is 0. The topological polar surface area (TPSA) is 82.2 Å². The number of anilines is 2. The third-order valence-electron chi connectivity index (χ3n) is 2.74. The number of rotatable bonds is 6. The quantitative estimate of drug-likeness (QED) is 0.836. The third-order valence-corrected chi connectivity index (χ3v) is 4.01. The van der Waals surface area contributed by atoms with E-state index < -0.39 is 0 Å². The van der Waals surface area contributed by atoms with Crippen LogP contribution in [0.3, 0.4) is 0 Å². The summed E-state index contributed by atoms with van der Waals surface area (Å²) in [5.41, 5.74) is 6.65. The van der Waals surface area contributed by atoms with E-state index in [1.807, 2.05) is 13.8 Å². The van der Waals surface area contributed by atoms with E-state index in [2.05, 4.69) is 23.2 Å². The van der Waals surface area contributed by atoms with Gasteiger partial charge < -0.3 is 16.0 Å². The first-order valence-corrected chi connectivity index (χ1v) is 7.27. The van der Waals surface area contributed by atoms with E-state index in [9.17, 15) is 10.1 Å². The molecule has 1 aromatic rings. The number of nitriles is 1. The van der Waals surface area contributed by atoms with Crippen LogP contribution in [0.4, 0.5) is 10.7 Å². The van der Waals surface area contributed by atoms with Crippen molar-refractivity contribution in [3.63, 3.8) is 0 Å². The highest BCUT2D eigenvalue weighted by molar-refractivity contribution is 7.19. The van der Waals surface area contributed by atoms with Crippen molar-refractivity contribution >= 4 is 27.9 Å². The van der Waals surface area contributed by atoms with Crippen molar-refractivity contribution in [2.45, 2.75) is 27.2 Å². The van der Waals surface area contributed by atoms with Crippen LogP contribution in [-0.2, 0) is 0 Å². The fourth-order valence-corrected chi connectivity index (χ4v) is 3.02. The van der Waals surface area contributed by atoms with Crippen molar-refractivity contribution in [1.29, 1.82) is 5.26 Å². The number of hydrogen-bond acceptors (Lipinski definition) is 5. The Kier molecular flexibility index (Phi) is 5.64. The van der Waals surface area contributed by atoms with Crippen LogP contribution in [-0.4, -0.2) is 25.5 Å². The third kappa shape index (κ3) is 3.18. The van der Waals surface area contributed by atoms with Crippen LogP contribution in [0.1, 0.15) is 42.4 Å². The van der Waals surface area contributed by atoms with E-state index in [1.54, 1.807) is 0 Å². The minimum absolute atomic E-state index is 0.208. The highest BCUT2D eigenvalue weighted by atomic mass is 32.1. The molecule has 0 aromatic carbocycles. The van der Waals surface area contributed by atoms with E-state index in [1.165, 1.54) is 11.3 Å². The van der Waals surface area contributed by atoms with Crippen LogP contribution in [0.25, 0.3) is 0 Å². The fraction of sp³-hybridized carbons (Fsp3) is 0.538. The zero-order valence-electron chi connectivity index (χ0n) is 11.6. The van der Waals surface area contributed by atoms with Crippen LogP contribution >= 0.6 is 11.3 Å². The summed E-state index contributed by atoms with van der Waals surface area (Å²) in [4.78, 5) is 14.4. The van der Waals surface area contributed by atoms with Crippen molar-refractivity contribution in [1.82, 2.24) is 5.32 Å². The Morgan fingerprint density at radius 1 is 1.47 bits per heavy atom. The monoisotopic (exact) mass is 280 g/mol. The summed E-state index contributed by atoms with van der Waals surface area (Å²) >= 11 is 1.30. The van der Waals surface area contributed by atoms with Gasteiger partial charge in [-0.1, -0.05) is 6.92 Å². The number of amides is 1. The molecule has 0 saturated heterocycles. The van der Waals surface area contributed by atoms with Gasteiger partial charge in [-0.25, -0.2) is 0 Å². The summed E-state index contributed by atoms with van der Waals surface area (Å²) in [5.74, 6) is -0.208. The molecule has 3 N–H and O–H groups in total. The van der Waals surface area contributed by atoms with Gasteiger partial charge >= 0.3 is 0 Å². The zero-order chi connectivity index (χ0) is 14.4. The van der Waals surface area contributed by atoms with E-state index in [4.69, 9.17) is 5.73 Å². The molecular weight excluding hydrogens is 260 g/mol. The van der Waals surface area contributed by atoms with Gasteiger partial charge in [-0.15, -0.1) is 11.3 Å². The molecule has 0 spiro atoms. The van der Waals surface area contributed by atoms with E-state index >= 15 is 0 Å². The number of carbonyl (C=O) groups is 1. The molecule has 0 atom stereocenters. The standard InChI is InChI=1S/C13H20N4OS/c1-4-7-17(6-3)13-9(8-14)10(15)11(19-13)12(18)16-5-2/h4-7,15H2,1-3H3,(H,16,18). The number of thiophene rings is 1. The van der Waals surface area contributed by atoms with E-state index in [0.717, 1.165) is 24.5 Å². The lowest BCUT2D eigenvalue weighted by molar-refractivity contribution is 0.0960. The van der Waals surface area contributed by atoms with Gasteiger partial charge in [0, 0.05) is 19.6 Å². The van der Waals surface area contributed by atoms with Gasteiger partial charge in [-0.2, -0.15) is 5.26 Å². The molecule has 0 aliphatic rings. The van der Waals surface area contributed by atoms with Crippen LogP contribution in [0.2, 0.25) is 0 Å². The highest BCUT2D eigenvalue weighted by Crippen LogP contribution is 2.37. The summed E-state index contributed by atoms with van der Waals surface area (Å²) in [6.07, 6.45) is 0.979. The van der Waals surface area contributed by atoms with Gasteiger partial charge in [-0.05, 0) is 20.3 Å². The molecule has 0 fully saturated rings. The largest absolute Gasteiger partial charge is 0.396 e. The molecule has 0 bridgehead atoms. The van der Waals surface area contributed by atoms with E-state index in [-0.39, 0.29) is 5.91 Å². The maximum Gasteiger partial charge on any atom is 0.263 e. The lowest BCUT2D eigenvalue weighted by Crippen LogP contribution is -2.23. The highest BCUT2D eigenvalue weighted by Gasteiger charge is 2.23. The first-order chi connectivity index (χ1) is 9.10. The molecule has 0 aliphatic heterocycles. The summed E-state index contributed by atoms with van der Waals surface area (Å²) in [6.45, 7) is 8.13. The Labute approximate surface area is 118 Å². The van der Waals surface area contributed by atoms with Crippen LogP contribution in [0, 0.1) is 11.3 Å². The minimum Gasteiger partial charge on any atom is -0.396 e. The first-order valence-electron chi connectivity index (χ1n) is 6.46. The second kappa shape index (κ2) is 7.00. The molecule has 1 amide bonds. The van der Waals surface area contributed by atoms with Crippen molar-refractivity contribution in [2.24, 2.45) is 0 Å². The first kappa shape index (κ1) is 15.3. The number of nitrogens with one attached hydrogen (secondary N) is 1. The number of carbonyl (C=O) groups excluding carboxylic acids is 1. The molecule has 0 aliphatic carbocycles. The van der Waals surface area contributed by atoms with Crippen molar-refractivity contribution < 1.29 is 4.79 Å². The number of nitrogen functional groups attached to an aromatic ring is 1. The Morgan fingerprint density at radius 3 is 2.63 bits per heavy atom. The number of nitrogens with two attached hydrogens (primary N) is 1. The maximum absolute atomic E-state index is 11.9. The smallest absolute Gasteiger partial charge is 0.263 e.